The summed E-state index contributed by atoms with van der Waals surface area (Å²) in [6.07, 6.45) is 0.869. The van der Waals surface area contributed by atoms with E-state index in [2.05, 4.69) is 37.8 Å². The first-order valence-corrected chi connectivity index (χ1v) is 8.04. The minimum atomic E-state index is -0.428. The number of ether oxygens (including phenoxy) is 1. The lowest BCUT2D eigenvalue weighted by Crippen LogP contribution is -2.44. The molecular formula is C18H29NO2. The Hall–Kier alpha value is -1.06. The van der Waals surface area contributed by atoms with Crippen molar-refractivity contribution >= 4 is 0 Å². The minimum absolute atomic E-state index is 0.365. The summed E-state index contributed by atoms with van der Waals surface area (Å²) in [6, 6.07) is 6.17. The van der Waals surface area contributed by atoms with Crippen LogP contribution in [-0.4, -0.2) is 42.4 Å². The third-order valence-corrected chi connectivity index (χ3v) is 4.19. The molecule has 0 radical (unpaired) electrons. The van der Waals surface area contributed by atoms with Crippen molar-refractivity contribution in [2.75, 3.05) is 26.2 Å². The van der Waals surface area contributed by atoms with Crippen molar-refractivity contribution < 1.29 is 9.84 Å². The van der Waals surface area contributed by atoms with Crippen LogP contribution in [0.15, 0.2) is 18.2 Å². The molecule has 0 bridgehead atoms. The number of β-amino-alcohol motifs (C(OH)–C–C–N with tert-alkyl or cyclic N) is 1. The summed E-state index contributed by atoms with van der Waals surface area (Å²) < 4.78 is 5.80. The number of likely N-dealkylation sites (tertiary alicyclic amines) is 1. The molecule has 2 rings (SSSR count). The van der Waals surface area contributed by atoms with E-state index in [0.29, 0.717) is 13.2 Å². The monoisotopic (exact) mass is 291 g/mol. The number of hydrogen-bond acceptors (Lipinski definition) is 3. The molecule has 1 heterocycles. The minimum Gasteiger partial charge on any atom is -0.491 e. The fourth-order valence-electron chi connectivity index (χ4n) is 3.34. The predicted octanol–water partition coefficient (Wildman–Crippen LogP) is 3.02. The zero-order valence-electron chi connectivity index (χ0n) is 13.8. The summed E-state index contributed by atoms with van der Waals surface area (Å²) in [4.78, 5) is 2.37. The molecule has 1 fully saturated rings. The van der Waals surface area contributed by atoms with Crippen LogP contribution in [0, 0.1) is 25.7 Å². The highest BCUT2D eigenvalue weighted by molar-refractivity contribution is 5.35. The van der Waals surface area contributed by atoms with Crippen LogP contribution in [-0.2, 0) is 0 Å². The van der Waals surface area contributed by atoms with Crippen LogP contribution >= 0.6 is 0 Å². The average Bonchev–Trinajstić information content (AvgIpc) is 2.38. The van der Waals surface area contributed by atoms with Gasteiger partial charge in [-0.25, -0.2) is 0 Å². The molecule has 0 saturated carbocycles. The summed E-state index contributed by atoms with van der Waals surface area (Å²) in [5, 5.41) is 10.2. The van der Waals surface area contributed by atoms with E-state index in [9.17, 15) is 5.11 Å². The summed E-state index contributed by atoms with van der Waals surface area (Å²) in [7, 11) is 0. The van der Waals surface area contributed by atoms with Gasteiger partial charge in [-0.3, -0.25) is 0 Å². The molecule has 3 nitrogen and oxygen atoms in total. The topological polar surface area (TPSA) is 32.7 Å². The van der Waals surface area contributed by atoms with Gasteiger partial charge in [-0.15, -0.1) is 0 Å². The molecule has 1 aliphatic heterocycles. The number of nitrogens with zero attached hydrogens (tertiary/aromatic N) is 1. The zero-order chi connectivity index (χ0) is 15.4. The smallest absolute Gasteiger partial charge is 0.122 e. The Labute approximate surface area is 128 Å². The summed E-state index contributed by atoms with van der Waals surface area (Å²) in [5.74, 6) is 2.33. The van der Waals surface area contributed by atoms with Crippen LogP contribution in [0.5, 0.6) is 5.75 Å². The first-order chi connectivity index (χ1) is 9.94. The van der Waals surface area contributed by atoms with Gasteiger partial charge in [-0.2, -0.15) is 0 Å². The largest absolute Gasteiger partial charge is 0.491 e. The fourth-order valence-corrected chi connectivity index (χ4v) is 3.34. The lowest BCUT2D eigenvalue weighted by molar-refractivity contribution is 0.0427. The summed E-state index contributed by atoms with van der Waals surface area (Å²) in [5.41, 5.74) is 2.30. The second-order valence-electron chi connectivity index (χ2n) is 6.90. The van der Waals surface area contributed by atoms with Gasteiger partial charge in [0.2, 0.25) is 0 Å². The first-order valence-electron chi connectivity index (χ1n) is 8.04. The number of aryl methyl sites for hydroxylation is 2. The molecule has 0 amide bonds. The standard InChI is InChI=1S/C18H29NO2/c1-13-5-6-16(4)18(8-13)21-12-17(20)11-19-9-14(2)7-15(3)10-19/h5-6,8,14-15,17,20H,7,9-12H2,1-4H3/t14-,15-,17+/m0/s1. The van der Waals surface area contributed by atoms with Gasteiger partial charge >= 0.3 is 0 Å². The molecule has 1 N–H and O–H groups in total. The van der Waals surface area contributed by atoms with E-state index in [4.69, 9.17) is 4.74 Å². The van der Waals surface area contributed by atoms with Gasteiger partial charge in [0.05, 0.1) is 0 Å². The van der Waals surface area contributed by atoms with E-state index < -0.39 is 6.10 Å². The second kappa shape index (κ2) is 7.28. The van der Waals surface area contributed by atoms with Crippen molar-refractivity contribution in [3.8, 4) is 5.75 Å². The number of rotatable bonds is 5. The third kappa shape index (κ3) is 5.01. The Bertz CT molecular complexity index is 451. The van der Waals surface area contributed by atoms with Crippen molar-refractivity contribution in [2.24, 2.45) is 11.8 Å². The van der Waals surface area contributed by atoms with Gasteiger partial charge in [0.15, 0.2) is 0 Å². The second-order valence-corrected chi connectivity index (χ2v) is 6.90. The third-order valence-electron chi connectivity index (χ3n) is 4.19. The van der Waals surface area contributed by atoms with Gasteiger partial charge in [-0.1, -0.05) is 26.0 Å². The van der Waals surface area contributed by atoms with Crippen molar-refractivity contribution in [1.82, 2.24) is 4.90 Å². The van der Waals surface area contributed by atoms with Crippen molar-refractivity contribution in [2.45, 2.75) is 40.2 Å². The number of hydrogen-bond donors (Lipinski definition) is 1. The van der Waals surface area contributed by atoms with E-state index >= 15 is 0 Å². The Balaban J connectivity index is 1.81. The van der Waals surface area contributed by atoms with Gasteiger partial charge in [-0.05, 0) is 49.3 Å². The maximum atomic E-state index is 10.2. The van der Waals surface area contributed by atoms with Crippen LogP contribution < -0.4 is 4.74 Å². The number of aliphatic hydroxyl groups excluding tert-OH is 1. The van der Waals surface area contributed by atoms with E-state index in [1.165, 1.54) is 12.0 Å². The molecule has 0 aromatic heterocycles. The van der Waals surface area contributed by atoms with Gasteiger partial charge in [0.25, 0.3) is 0 Å². The molecule has 0 spiro atoms. The lowest BCUT2D eigenvalue weighted by Gasteiger charge is -2.35. The van der Waals surface area contributed by atoms with E-state index in [-0.39, 0.29) is 0 Å². The Kier molecular flexibility index (Phi) is 5.65. The van der Waals surface area contributed by atoms with Gasteiger partial charge in [0, 0.05) is 19.6 Å². The summed E-state index contributed by atoms with van der Waals surface area (Å²) >= 11 is 0. The molecule has 1 aliphatic rings. The van der Waals surface area contributed by atoms with E-state index in [0.717, 1.165) is 36.2 Å². The van der Waals surface area contributed by atoms with E-state index in [1.54, 1.807) is 0 Å². The maximum Gasteiger partial charge on any atom is 0.122 e. The molecule has 3 atom stereocenters. The van der Waals surface area contributed by atoms with Crippen LogP contribution in [0.3, 0.4) is 0 Å². The Morgan fingerprint density at radius 1 is 1.24 bits per heavy atom. The van der Waals surface area contributed by atoms with Crippen LogP contribution in [0.4, 0.5) is 0 Å². The molecule has 1 aromatic rings. The van der Waals surface area contributed by atoms with Crippen LogP contribution in [0.25, 0.3) is 0 Å². The SMILES string of the molecule is Cc1ccc(C)c(OC[C@H](O)CN2C[C@@H](C)C[C@H](C)C2)c1. The predicted molar refractivity (Wildman–Crippen MR) is 86.8 cm³/mol. The highest BCUT2D eigenvalue weighted by atomic mass is 16.5. The molecule has 1 aromatic carbocycles. The zero-order valence-corrected chi connectivity index (χ0v) is 13.8. The Morgan fingerprint density at radius 2 is 1.90 bits per heavy atom. The molecule has 21 heavy (non-hydrogen) atoms. The Morgan fingerprint density at radius 3 is 2.57 bits per heavy atom. The van der Waals surface area contributed by atoms with Gasteiger partial charge in [0.1, 0.15) is 18.5 Å². The number of aliphatic hydroxyl groups is 1. The van der Waals surface area contributed by atoms with E-state index in [1.807, 2.05) is 13.0 Å². The highest BCUT2D eigenvalue weighted by Gasteiger charge is 2.23. The van der Waals surface area contributed by atoms with Crippen molar-refractivity contribution in [3.63, 3.8) is 0 Å². The lowest BCUT2D eigenvalue weighted by atomic mass is 9.92. The first kappa shape index (κ1) is 16.3. The summed E-state index contributed by atoms with van der Waals surface area (Å²) in [6.45, 7) is 11.9. The van der Waals surface area contributed by atoms with Gasteiger partial charge < -0.3 is 14.7 Å². The molecule has 118 valence electrons. The number of benzene rings is 1. The normalized spacial score (nSPS) is 24.8. The molecule has 0 aliphatic carbocycles. The fraction of sp³-hybridized carbons (Fsp3) is 0.667. The molecular weight excluding hydrogens is 262 g/mol. The van der Waals surface area contributed by atoms with Crippen LogP contribution in [0.1, 0.15) is 31.4 Å². The number of piperidine rings is 1. The van der Waals surface area contributed by atoms with Crippen molar-refractivity contribution in [3.05, 3.63) is 29.3 Å². The molecule has 1 saturated heterocycles. The molecule has 0 unspecified atom stereocenters. The van der Waals surface area contributed by atoms with Crippen molar-refractivity contribution in [1.29, 1.82) is 0 Å². The highest BCUT2D eigenvalue weighted by Crippen LogP contribution is 2.22. The van der Waals surface area contributed by atoms with Crippen LogP contribution in [0.2, 0.25) is 0 Å². The average molecular weight is 291 g/mol. The molecule has 3 heteroatoms. The maximum absolute atomic E-state index is 10.2. The quantitative estimate of drug-likeness (QED) is 0.905.